The van der Waals surface area contributed by atoms with Gasteiger partial charge < -0.3 is 9.80 Å². The lowest BCUT2D eigenvalue weighted by atomic mass is 10.3. The minimum absolute atomic E-state index is 0.138. The highest BCUT2D eigenvalue weighted by Crippen LogP contribution is 2.18. The summed E-state index contributed by atoms with van der Waals surface area (Å²) in [6, 6.07) is 0. The Hall–Kier alpha value is -0.610. The highest BCUT2D eigenvalue weighted by Gasteiger charge is 2.18. The van der Waals surface area contributed by atoms with Crippen molar-refractivity contribution in [1.29, 1.82) is 0 Å². The first-order chi connectivity index (χ1) is 7.56. The van der Waals surface area contributed by atoms with Crippen LogP contribution in [-0.2, 0) is 4.79 Å². The van der Waals surface area contributed by atoms with E-state index in [0.29, 0.717) is 13.0 Å². The van der Waals surface area contributed by atoms with Gasteiger partial charge in [-0.3, -0.25) is 4.79 Å². The molecule has 0 saturated heterocycles. The lowest BCUT2D eigenvalue weighted by Crippen LogP contribution is -2.36. The molecule has 0 fully saturated rings. The van der Waals surface area contributed by atoms with Crippen molar-refractivity contribution in [2.75, 3.05) is 32.6 Å². The Labute approximate surface area is 106 Å². The molecule has 0 aromatic rings. The Kier molecular flexibility index (Phi) is 5.22. The Morgan fingerprint density at radius 3 is 2.88 bits per heavy atom. The number of nitrogens with zero attached hydrogens (tertiary/aromatic N) is 2. The molecule has 0 aromatic carbocycles. The fourth-order valence-corrected chi connectivity index (χ4v) is 2.13. The van der Waals surface area contributed by atoms with Gasteiger partial charge in [-0.15, -0.1) is 0 Å². The van der Waals surface area contributed by atoms with Crippen LogP contribution in [0.2, 0.25) is 0 Å². The van der Waals surface area contributed by atoms with Crippen molar-refractivity contribution in [3.63, 3.8) is 0 Å². The highest BCUT2D eigenvalue weighted by molar-refractivity contribution is 7.98. The minimum Gasteiger partial charge on any atom is -0.356 e. The quantitative estimate of drug-likeness (QED) is 0.774. The highest BCUT2D eigenvalue weighted by atomic mass is 35.5. The average Bonchev–Trinajstić information content (AvgIpc) is 2.25. The molecular formula is C11H17ClN2OS. The van der Waals surface area contributed by atoms with Crippen LogP contribution >= 0.6 is 23.4 Å². The molecule has 0 N–H and O–H groups in total. The molecule has 0 bridgehead atoms. The van der Waals surface area contributed by atoms with Crippen molar-refractivity contribution in [3.05, 3.63) is 23.0 Å². The number of thioether (sulfide) groups is 1. The van der Waals surface area contributed by atoms with Crippen LogP contribution < -0.4 is 0 Å². The predicted molar refractivity (Wildman–Crippen MR) is 70.4 cm³/mol. The van der Waals surface area contributed by atoms with Gasteiger partial charge in [-0.25, -0.2) is 0 Å². The van der Waals surface area contributed by atoms with Crippen LogP contribution in [0.5, 0.6) is 0 Å². The summed E-state index contributed by atoms with van der Waals surface area (Å²) in [6.07, 6.45) is 6.29. The standard InChI is InChI=1S/C11H17ClN2OS/c1-13-8-9(12)4-5-10(13)14(2)11(15)6-7-16-3/h4-5H,6-8H2,1-3H3. The van der Waals surface area contributed by atoms with E-state index in [1.54, 1.807) is 23.7 Å². The van der Waals surface area contributed by atoms with Crippen molar-refractivity contribution >= 4 is 29.3 Å². The maximum atomic E-state index is 11.8. The van der Waals surface area contributed by atoms with Gasteiger partial charge in [-0.05, 0) is 18.4 Å². The number of carbonyl (C=O) groups is 1. The first kappa shape index (κ1) is 13.5. The molecule has 0 aromatic heterocycles. The van der Waals surface area contributed by atoms with E-state index in [0.717, 1.165) is 16.6 Å². The SMILES string of the molecule is CSCCC(=O)N(C)C1=CC=C(Cl)CN1C. The average molecular weight is 261 g/mol. The van der Waals surface area contributed by atoms with E-state index in [9.17, 15) is 4.79 Å². The Balaban J connectivity index is 2.66. The molecule has 0 unspecified atom stereocenters. The number of halogens is 1. The third-order valence-electron chi connectivity index (χ3n) is 2.43. The first-order valence-electron chi connectivity index (χ1n) is 5.09. The number of hydrogen-bond acceptors (Lipinski definition) is 3. The van der Waals surface area contributed by atoms with Gasteiger partial charge in [-0.2, -0.15) is 11.8 Å². The normalized spacial score (nSPS) is 15.6. The first-order valence-corrected chi connectivity index (χ1v) is 6.86. The zero-order valence-electron chi connectivity index (χ0n) is 9.86. The summed E-state index contributed by atoms with van der Waals surface area (Å²) in [4.78, 5) is 15.5. The van der Waals surface area contributed by atoms with Crippen molar-refractivity contribution < 1.29 is 4.79 Å². The minimum atomic E-state index is 0.138. The largest absolute Gasteiger partial charge is 0.356 e. The van der Waals surface area contributed by atoms with Crippen LogP contribution in [0.1, 0.15) is 6.42 Å². The molecular weight excluding hydrogens is 244 g/mol. The summed E-state index contributed by atoms with van der Waals surface area (Å²) in [7, 11) is 3.73. The lowest BCUT2D eigenvalue weighted by Gasteiger charge is -2.31. The summed E-state index contributed by atoms with van der Waals surface area (Å²) in [5.74, 6) is 1.89. The van der Waals surface area contributed by atoms with Gasteiger partial charge in [0, 0.05) is 31.3 Å². The molecule has 1 aliphatic rings. The smallest absolute Gasteiger partial charge is 0.228 e. The van der Waals surface area contributed by atoms with Crippen molar-refractivity contribution in [1.82, 2.24) is 9.80 Å². The summed E-state index contributed by atoms with van der Waals surface area (Å²) in [5, 5.41) is 0.788. The topological polar surface area (TPSA) is 23.6 Å². The monoisotopic (exact) mass is 260 g/mol. The van der Waals surface area contributed by atoms with Crippen molar-refractivity contribution in [2.45, 2.75) is 6.42 Å². The number of amides is 1. The third kappa shape index (κ3) is 3.46. The number of rotatable bonds is 4. The van der Waals surface area contributed by atoms with Gasteiger partial charge in [0.1, 0.15) is 5.82 Å². The third-order valence-corrected chi connectivity index (χ3v) is 3.29. The van der Waals surface area contributed by atoms with Crippen LogP contribution in [0.15, 0.2) is 23.0 Å². The molecule has 1 rings (SSSR count). The van der Waals surface area contributed by atoms with Gasteiger partial charge in [0.2, 0.25) is 5.91 Å². The Morgan fingerprint density at radius 2 is 2.31 bits per heavy atom. The molecule has 0 aliphatic carbocycles. The van der Waals surface area contributed by atoms with Crippen LogP contribution in [0.25, 0.3) is 0 Å². The summed E-state index contributed by atoms with van der Waals surface area (Å²) in [6.45, 7) is 0.660. The molecule has 0 atom stereocenters. The zero-order chi connectivity index (χ0) is 12.1. The van der Waals surface area contributed by atoms with Crippen LogP contribution in [0, 0.1) is 0 Å². The van der Waals surface area contributed by atoms with E-state index in [2.05, 4.69) is 0 Å². The predicted octanol–water partition coefficient (Wildman–Crippen LogP) is 2.11. The molecule has 1 amide bonds. The van der Waals surface area contributed by atoms with Crippen LogP contribution in [-0.4, -0.2) is 48.4 Å². The van der Waals surface area contributed by atoms with E-state index in [1.807, 2.05) is 30.4 Å². The second kappa shape index (κ2) is 6.21. The van der Waals surface area contributed by atoms with Crippen LogP contribution in [0.4, 0.5) is 0 Å². The second-order valence-corrected chi connectivity index (χ2v) is 5.16. The fraction of sp³-hybridized carbons (Fsp3) is 0.545. The van der Waals surface area contributed by atoms with E-state index < -0.39 is 0 Å². The maximum absolute atomic E-state index is 11.8. The number of carbonyl (C=O) groups excluding carboxylic acids is 1. The zero-order valence-corrected chi connectivity index (χ0v) is 11.4. The number of hydrogen-bond donors (Lipinski definition) is 0. The summed E-state index contributed by atoms with van der Waals surface area (Å²) in [5.41, 5.74) is 0. The summed E-state index contributed by atoms with van der Waals surface area (Å²) < 4.78 is 0. The molecule has 5 heteroatoms. The fourth-order valence-electron chi connectivity index (χ4n) is 1.51. The maximum Gasteiger partial charge on any atom is 0.228 e. The molecule has 1 heterocycles. The van der Waals surface area contributed by atoms with E-state index in [4.69, 9.17) is 11.6 Å². The molecule has 16 heavy (non-hydrogen) atoms. The summed E-state index contributed by atoms with van der Waals surface area (Å²) >= 11 is 7.59. The Morgan fingerprint density at radius 1 is 1.62 bits per heavy atom. The van der Waals surface area contributed by atoms with E-state index >= 15 is 0 Å². The van der Waals surface area contributed by atoms with Gasteiger partial charge >= 0.3 is 0 Å². The second-order valence-electron chi connectivity index (χ2n) is 3.69. The number of allylic oxidation sites excluding steroid dienone is 2. The van der Waals surface area contributed by atoms with E-state index in [-0.39, 0.29) is 5.91 Å². The molecule has 0 saturated carbocycles. The van der Waals surface area contributed by atoms with Crippen molar-refractivity contribution in [3.8, 4) is 0 Å². The number of likely N-dealkylation sites (N-methyl/N-ethyl adjacent to an activating group) is 1. The molecule has 3 nitrogen and oxygen atoms in total. The van der Waals surface area contributed by atoms with Gasteiger partial charge in [0.15, 0.2) is 0 Å². The van der Waals surface area contributed by atoms with Gasteiger partial charge in [0.05, 0.1) is 6.54 Å². The molecule has 0 spiro atoms. The Bertz CT molecular complexity index is 328. The van der Waals surface area contributed by atoms with Gasteiger partial charge in [0.25, 0.3) is 0 Å². The van der Waals surface area contributed by atoms with Crippen LogP contribution in [0.3, 0.4) is 0 Å². The molecule has 1 aliphatic heterocycles. The van der Waals surface area contributed by atoms with Gasteiger partial charge in [-0.1, -0.05) is 11.6 Å². The molecule has 0 radical (unpaired) electrons. The van der Waals surface area contributed by atoms with E-state index in [1.165, 1.54) is 0 Å². The lowest BCUT2D eigenvalue weighted by molar-refractivity contribution is -0.128. The molecule has 90 valence electrons. The van der Waals surface area contributed by atoms with Crippen molar-refractivity contribution in [2.24, 2.45) is 0 Å².